The Hall–Kier alpha value is -2.41. The molecule has 0 saturated carbocycles. The van der Waals surface area contributed by atoms with Crippen LogP contribution in [-0.4, -0.2) is 24.7 Å². The molecule has 2 aliphatic rings. The Labute approximate surface area is 185 Å². The van der Waals surface area contributed by atoms with Crippen LogP contribution < -0.4 is 10.6 Å². The van der Waals surface area contributed by atoms with Crippen molar-refractivity contribution < 1.29 is 22.4 Å². The fourth-order valence-corrected chi connectivity index (χ4v) is 5.34. The van der Waals surface area contributed by atoms with Crippen molar-refractivity contribution in [1.29, 1.82) is 0 Å². The van der Waals surface area contributed by atoms with Crippen LogP contribution in [0.5, 0.6) is 0 Å². The van der Waals surface area contributed by atoms with Crippen molar-refractivity contribution in [1.82, 2.24) is 5.32 Å². The summed E-state index contributed by atoms with van der Waals surface area (Å²) in [4.78, 5) is 13.6. The highest BCUT2D eigenvalue weighted by Crippen LogP contribution is 2.56. The molecule has 1 amide bonds. The van der Waals surface area contributed by atoms with Crippen molar-refractivity contribution in [3.05, 3.63) is 64.5 Å². The quantitative estimate of drug-likeness (QED) is 0.596. The normalized spacial score (nSPS) is 25.3. The van der Waals surface area contributed by atoms with Crippen molar-refractivity contribution in [3.63, 3.8) is 0 Å². The number of halogens is 4. The Morgan fingerprint density at radius 3 is 2.53 bits per heavy atom. The lowest BCUT2D eigenvalue weighted by Gasteiger charge is -2.39. The second kappa shape index (κ2) is 7.58. The van der Waals surface area contributed by atoms with Crippen LogP contribution in [0.3, 0.4) is 0 Å². The van der Waals surface area contributed by atoms with Crippen molar-refractivity contribution in [3.8, 4) is 0 Å². The lowest BCUT2D eigenvalue weighted by molar-refractivity contribution is -0.216. The molecular formula is C25H28F4N2O. The highest BCUT2D eigenvalue weighted by atomic mass is 19.4. The van der Waals surface area contributed by atoms with Crippen molar-refractivity contribution in [2.45, 2.75) is 64.1 Å². The predicted molar refractivity (Wildman–Crippen MR) is 116 cm³/mol. The summed E-state index contributed by atoms with van der Waals surface area (Å²) in [6, 6.07) is 9.77. The van der Waals surface area contributed by atoms with Crippen LogP contribution in [0.4, 0.5) is 23.2 Å². The monoisotopic (exact) mass is 448 g/mol. The molecular weight excluding hydrogens is 420 g/mol. The number of rotatable bonds is 4. The summed E-state index contributed by atoms with van der Waals surface area (Å²) < 4.78 is 56.9. The minimum Gasteiger partial charge on any atom is -0.325 e. The molecule has 32 heavy (non-hydrogen) atoms. The molecule has 2 aromatic rings. The van der Waals surface area contributed by atoms with Crippen LogP contribution in [0.15, 0.2) is 36.4 Å². The van der Waals surface area contributed by atoms with Crippen LogP contribution in [0.25, 0.3) is 0 Å². The largest absolute Gasteiger partial charge is 0.394 e. The zero-order valence-corrected chi connectivity index (χ0v) is 18.7. The zero-order valence-electron chi connectivity index (χ0n) is 18.7. The van der Waals surface area contributed by atoms with Gasteiger partial charge in [0.1, 0.15) is 5.82 Å². The first-order valence-electron chi connectivity index (χ1n) is 10.9. The van der Waals surface area contributed by atoms with Crippen molar-refractivity contribution in [2.75, 3.05) is 11.9 Å². The summed E-state index contributed by atoms with van der Waals surface area (Å²) in [6.07, 6.45) is -4.26. The smallest absolute Gasteiger partial charge is 0.325 e. The molecule has 2 N–H and O–H groups in total. The maximum atomic E-state index is 15.4. The Kier molecular flexibility index (Phi) is 5.39. The maximum Gasteiger partial charge on any atom is 0.394 e. The number of benzene rings is 2. The highest BCUT2D eigenvalue weighted by Gasteiger charge is 2.63. The first kappa shape index (κ1) is 22.8. The molecule has 2 aromatic carbocycles. The molecule has 1 spiro atoms. The number of nitrogens with one attached hydrogen (secondary N) is 2. The first-order valence-corrected chi connectivity index (χ1v) is 10.9. The highest BCUT2D eigenvalue weighted by molar-refractivity contribution is 6.08. The number of hydrogen-bond donors (Lipinski definition) is 2. The summed E-state index contributed by atoms with van der Waals surface area (Å²) >= 11 is 0. The number of carbonyl (C=O) groups is 1. The van der Waals surface area contributed by atoms with Gasteiger partial charge in [0.15, 0.2) is 0 Å². The van der Waals surface area contributed by atoms with E-state index in [4.69, 9.17) is 0 Å². The van der Waals surface area contributed by atoms with Gasteiger partial charge < -0.3 is 10.6 Å². The Morgan fingerprint density at radius 2 is 1.88 bits per heavy atom. The number of carbonyl (C=O) groups excluding carboxylic acids is 1. The SMILES string of the molecule is CCc1cccc([C@H]2CN[C@@H](CC(C)(C)C(F)(F)F)[C@@]23C(=O)Nc2cc(C)ccc23)c1F. The molecule has 1 fully saturated rings. The number of anilines is 1. The third-order valence-corrected chi connectivity index (χ3v) is 7.26. The van der Waals surface area contributed by atoms with Crippen molar-refractivity contribution >= 4 is 11.6 Å². The average Bonchev–Trinajstić information content (AvgIpc) is 3.20. The van der Waals surface area contributed by atoms with Gasteiger partial charge in [-0.1, -0.05) is 51.1 Å². The molecule has 7 heteroatoms. The Balaban J connectivity index is 1.92. The summed E-state index contributed by atoms with van der Waals surface area (Å²) in [5.74, 6) is -1.39. The van der Waals surface area contributed by atoms with Crippen LogP contribution in [0.1, 0.15) is 55.4 Å². The van der Waals surface area contributed by atoms with Gasteiger partial charge in [-0.25, -0.2) is 4.39 Å². The van der Waals surface area contributed by atoms with E-state index >= 15 is 4.39 Å². The fourth-order valence-electron chi connectivity index (χ4n) is 5.34. The van der Waals surface area contributed by atoms with Gasteiger partial charge in [-0.05, 0) is 48.1 Å². The molecule has 2 heterocycles. The molecule has 4 rings (SSSR count). The van der Waals surface area contributed by atoms with Gasteiger partial charge in [0.2, 0.25) is 5.91 Å². The van der Waals surface area contributed by atoms with Gasteiger partial charge in [-0.2, -0.15) is 13.2 Å². The first-order chi connectivity index (χ1) is 14.9. The molecule has 0 unspecified atom stereocenters. The molecule has 3 nitrogen and oxygen atoms in total. The van der Waals surface area contributed by atoms with Gasteiger partial charge in [-0.3, -0.25) is 4.79 Å². The van der Waals surface area contributed by atoms with E-state index in [1.54, 1.807) is 24.3 Å². The number of fused-ring (bicyclic) bond motifs is 2. The molecule has 3 atom stereocenters. The molecule has 172 valence electrons. The van der Waals surface area contributed by atoms with Crippen LogP contribution >= 0.6 is 0 Å². The number of aryl methyl sites for hydroxylation is 2. The standard InChI is InChI=1S/C25H28F4N2O/c1-5-15-7-6-8-16(21(15)26)18-13-30-20(12-23(3,4)25(27,28)29)24(18)17-10-9-14(2)11-19(17)31-22(24)32/h6-11,18,20,30H,5,12-13H2,1-4H3,(H,31,32)/t18-,20+,24+/m1/s1. The minimum atomic E-state index is -4.44. The van der Waals surface area contributed by atoms with E-state index in [0.717, 1.165) is 19.4 Å². The van der Waals surface area contributed by atoms with Gasteiger partial charge in [0.05, 0.1) is 10.8 Å². The van der Waals surface area contributed by atoms with E-state index in [-0.39, 0.29) is 24.7 Å². The summed E-state index contributed by atoms with van der Waals surface area (Å²) in [7, 11) is 0. The lowest BCUT2D eigenvalue weighted by Crippen LogP contribution is -2.51. The molecule has 0 aromatic heterocycles. The summed E-state index contributed by atoms with van der Waals surface area (Å²) in [5, 5.41) is 6.08. The van der Waals surface area contributed by atoms with Crippen LogP contribution in [-0.2, 0) is 16.6 Å². The second-order valence-electron chi connectivity index (χ2n) is 9.65. The maximum absolute atomic E-state index is 15.4. The van der Waals surface area contributed by atoms with Crippen LogP contribution in [0.2, 0.25) is 0 Å². The van der Waals surface area contributed by atoms with E-state index in [2.05, 4.69) is 10.6 Å². The topological polar surface area (TPSA) is 41.1 Å². The van der Waals surface area contributed by atoms with E-state index in [1.165, 1.54) is 0 Å². The van der Waals surface area contributed by atoms with Gasteiger partial charge in [0, 0.05) is 24.2 Å². The molecule has 0 aliphatic carbocycles. The van der Waals surface area contributed by atoms with E-state index in [1.807, 2.05) is 26.0 Å². The van der Waals surface area contributed by atoms with Crippen LogP contribution in [0, 0.1) is 18.2 Å². The third kappa shape index (κ3) is 3.24. The van der Waals surface area contributed by atoms with E-state index in [9.17, 15) is 18.0 Å². The van der Waals surface area contributed by atoms with Gasteiger partial charge >= 0.3 is 6.18 Å². The van der Waals surface area contributed by atoms with Crippen molar-refractivity contribution in [2.24, 2.45) is 5.41 Å². The average molecular weight is 449 g/mol. The second-order valence-corrected chi connectivity index (χ2v) is 9.65. The zero-order chi connectivity index (χ0) is 23.5. The summed E-state index contributed by atoms with van der Waals surface area (Å²) in [6.45, 7) is 6.24. The van der Waals surface area contributed by atoms with Gasteiger partial charge in [0.25, 0.3) is 0 Å². The third-order valence-electron chi connectivity index (χ3n) is 7.26. The molecule has 0 bridgehead atoms. The lowest BCUT2D eigenvalue weighted by atomic mass is 9.63. The number of hydrogen-bond acceptors (Lipinski definition) is 2. The molecule has 1 saturated heterocycles. The molecule has 2 aliphatic heterocycles. The fraction of sp³-hybridized carbons (Fsp3) is 0.480. The predicted octanol–water partition coefficient (Wildman–Crippen LogP) is 5.62. The Morgan fingerprint density at radius 1 is 1.16 bits per heavy atom. The molecule has 0 radical (unpaired) electrons. The Bertz CT molecular complexity index is 1060. The minimum absolute atomic E-state index is 0.212. The van der Waals surface area contributed by atoms with Gasteiger partial charge in [-0.15, -0.1) is 0 Å². The summed E-state index contributed by atoms with van der Waals surface area (Å²) in [5.41, 5.74) is -0.317. The van der Waals surface area contributed by atoms with E-state index in [0.29, 0.717) is 28.8 Å². The number of alkyl halides is 3. The number of amides is 1. The van der Waals surface area contributed by atoms with E-state index < -0.39 is 29.0 Å².